The number of primary sulfonamides is 1. The highest BCUT2D eigenvalue weighted by molar-refractivity contribution is 7.91. The Balaban J connectivity index is 2.94. The summed E-state index contributed by atoms with van der Waals surface area (Å²) in [6.45, 7) is 0. The number of hydrogen-bond donors (Lipinski definition) is 2. The third-order valence-electron chi connectivity index (χ3n) is 1.14. The maximum atomic E-state index is 10.8. The van der Waals surface area contributed by atoms with Gasteiger partial charge in [-0.25, -0.2) is 18.5 Å². The zero-order valence-electron chi connectivity index (χ0n) is 6.43. The molecule has 0 aliphatic carbocycles. The van der Waals surface area contributed by atoms with E-state index in [0.29, 0.717) is 5.01 Å². The van der Waals surface area contributed by atoms with Gasteiger partial charge in [0.2, 0.25) is 15.9 Å². The van der Waals surface area contributed by atoms with Crippen LogP contribution in [0.25, 0.3) is 0 Å². The number of hydrogen-bond acceptors (Lipinski definition) is 5. The van der Waals surface area contributed by atoms with Gasteiger partial charge < -0.3 is 5.73 Å². The Morgan fingerprint density at radius 1 is 1.62 bits per heavy atom. The molecule has 0 unspecified atom stereocenters. The lowest BCUT2D eigenvalue weighted by Crippen LogP contribution is -2.13. The average Bonchev–Trinajstić information content (AvgIpc) is 2.32. The number of primary amides is 1. The molecule has 1 aromatic rings. The fourth-order valence-electron chi connectivity index (χ4n) is 0.656. The van der Waals surface area contributed by atoms with Crippen LogP contribution in [0.3, 0.4) is 0 Å². The van der Waals surface area contributed by atoms with Gasteiger partial charge in [0.1, 0.15) is 5.01 Å². The molecule has 0 atom stereocenters. The Kier molecular flexibility index (Phi) is 2.64. The number of rotatable bonds is 3. The molecule has 4 N–H and O–H groups in total. The van der Waals surface area contributed by atoms with E-state index in [1.807, 2.05) is 0 Å². The third-order valence-corrected chi connectivity index (χ3v) is 3.54. The monoisotopic (exact) mass is 221 g/mol. The lowest BCUT2D eigenvalue weighted by molar-refractivity contribution is -0.117. The van der Waals surface area contributed by atoms with Crippen molar-refractivity contribution in [2.24, 2.45) is 10.9 Å². The summed E-state index contributed by atoms with van der Waals surface area (Å²) in [6, 6.07) is 0. The molecule has 0 bridgehead atoms. The second-order valence-corrected chi connectivity index (χ2v) is 5.16. The van der Waals surface area contributed by atoms with E-state index in [1.54, 1.807) is 0 Å². The molecule has 1 rings (SSSR count). The highest BCUT2D eigenvalue weighted by atomic mass is 32.2. The SMILES string of the molecule is NC(=O)Cc1ncc(S(N)(=O)=O)s1. The van der Waals surface area contributed by atoms with Crippen molar-refractivity contribution in [2.45, 2.75) is 10.6 Å². The third kappa shape index (κ3) is 2.76. The number of carbonyl (C=O) groups excluding carboxylic acids is 1. The summed E-state index contributed by atoms with van der Waals surface area (Å²) >= 11 is 0.843. The fraction of sp³-hybridized carbons (Fsp3) is 0.200. The molecular weight excluding hydrogens is 214 g/mol. The van der Waals surface area contributed by atoms with Gasteiger partial charge in [-0.15, -0.1) is 11.3 Å². The van der Waals surface area contributed by atoms with E-state index in [-0.39, 0.29) is 10.6 Å². The number of nitrogens with two attached hydrogens (primary N) is 2. The van der Waals surface area contributed by atoms with Crippen LogP contribution in [0.4, 0.5) is 0 Å². The first-order valence-corrected chi connectivity index (χ1v) is 5.51. The first-order chi connectivity index (χ1) is 5.89. The number of aromatic nitrogens is 1. The smallest absolute Gasteiger partial charge is 0.249 e. The Morgan fingerprint density at radius 3 is 2.62 bits per heavy atom. The zero-order valence-corrected chi connectivity index (χ0v) is 8.06. The molecule has 0 aliphatic heterocycles. The summed E-state index contributed by atoms with van der Waals surface area (Å²) in [5, 5.41) is 5.17. The van der Waals surface area contributed by atoms with Crippen molar-refractivity contribution in [3.63, 3.8) is 0 Å². The standard InChI is InChI=1S/C5H7N3O3S2/c6-3(9)1-4-8-2-5(12-4)13(7,10)11/h2H,1H2,(H2,6,9)(H2,7,10,11). The van der Waals surface area contributed by atoms with Crippen molar-refractivity contribution in [2.75, 3.05) is 0 Å². The minimum absolute atomic E-state index is 0.0660. The summed E-state index contributed by atoms with van der Waals surface area (Å²) in [7, 11) is -3.71. The second-order valence-electron chi connectivity index (χ2n) is 2.26. The molecule has 0 fully saturated rings. The summed E-state index contributed by atoms with van der Waals surface area (Å²) < 4.78 is 21.5. The van der Waals surface area contributed by atoms with Gasteiger partial charge in [0, 0.05) is 0 Å². The van der Waals surface area contributed by atoms with Gasteiger partial charge in [0.15, 0.2) is 4.21 Å². The molecule has 72 valence electrons. The van der Waals surface area contributed by atoms with E-state index >= 15 is 0 Å². The van der Waals surface area contributed by atoms with Gasteiger partial charge in [0.25, 0.3) is 0 Å². The molecule has 0 aliphatic rings. The molecule has 1 amide bonds. The molecular formula is C5H7N3O3S2. The molecule has 13 heavy (non-hydrogen) atoms. The Morgan fingerprint density at radius 2 is 2.23 bits per heavy atom. The predicted molar refractivity (Wildman–Crippen MR) is 46.4 cm³/mol. The van der Waals surface area contributed by atoms with E-state index in [4.69, 9.17) is 10.9 Å². The topological polar surface area (TPSA) is 116 Å². The van der Waals surface area contributed by atoms with Crippen LogP contribution in [0.2, 0.25) is 0 Å². The highest BCUT2D eigenvalue weighted by Gasteiger charge is 2.13. The molecule has 0 aromatic carbocycles. The van der Waals surface area contributed by atoms with Crippen LogP contribution in [0.5, 0.6) is 0 Å². The Labute approximate surface area is 78.6 Å². The van der Waals surface area contributed by atoms with Crippen LogP contribution in [-0.4, -0.2) is 19.3 Å². The quantitative estimate of drug-likeness (QED) is 0.668. The maximum absolute atomic E-state index is 10.8. The fourth-order valence-corrected chi connectivity index (χ4v) is 2.27. The number of sulfonamides is 1. The van der Waals surface area contributed by atoms with E-state index in [2.05, 4.69) is 4.98 Å². The maximum Gasteiger partial charge on any atom is 0.249 e. The molecule has 0 saturated carbocycles. The summed E-state index contributed by atoms with van der Waals surface area (Å²) in [5.74, 6) is -0.560. The van der Waals surface area contributed by atoms with Gasteiger partial charge in [-0.05, 0) is 0 Å². The lowest BCUT2D eigenvalue weighted by atomic mass is 10.4. The van der Waals surface area contributed by atoms with Gasteiger partial charge >= 0.3 is 0 Å². The summed E-state index contributed by atoms with van der Waals surface area (Å²) in [5.41, 5.74) is 4.89. The minimum atomic E-state index is -3.71. The van der Waals surface area contributed by atoms with E-state index in [1.165, 1.54) is 0 Å². The number of thiazole rings is 1. The first-order valence-electron chi connectivity index (χ1n) is 3.15. The predicted octanol–water partition coefficient (Wildman–Crippen LogP) is -1.18. The second kappa shape index (κ2) is 3.40. The molecule has 0 saturated heterocycles. The van der Waals surface area contributed by atoms with Crippen LogP contribution in [-0.2, 0) is 21.2 Å². The number of nitrogens with zero attached hydrogens (tertiary/aromatic N) is 1. The van der Waals surface area contributed by atoms with Crippen molar-refractivity contribution in [1.29, 1.82) is 0 Å². The first kappa shape index (κ1) is 10.1. The van der Waals surface area contributed by atoms with Crippen molar-refractivity contribution in [1.82, 2.24) is 4.98 Å². The lowest BCUT2D eigenvalue weighted by Gasteiger charge is -1.88. The number of carbonyl (C=O) groups is 1. The molecule has 8 heteroatoms. The van der Waals surface area contributed by atoms with Gasteiger partial charge in [-0.3, -0.25) is 4.79 Å². The van der Waals surface area contributed by atoms with Gasteiger partial charge in [-0.1, -0.05) is 0 Å². The van der Waals surface area contributed by atoms with Crippen molar-refractivity contribution >= 4 is 27.3 Å². The largest absolute Gasteiger partial charge is 0.369 e. The molecule has 0 radical (unpaired) electrons. The zero-order chi connectivity index (χ0) is 10.1. The van der Waals surface area contributed by atoms with Crippen LogP contribution in [0.15, 0.2) is 10.4 Å². The summed E-state index contributed by atoms with van der Waals surface area (Å²) in [4.78, 5) is 14.1. The van der Waals surface area contributed by atoms with Gasteiger partial charge in [-0.2, -0.15) is 0 Å². The van der Waals surface area contributed by atoms with Crippen LogP contribution in [0, 0.1) is 0 Å². The van der Waals surface area contributed by atoms with E-state index in [9.17, 15) is 13.2 Å². The average molecular weight is 221 g/mol. The van der Waals surface area contributed by atoms with Crippen LogP contribution in [0.1, 0.15) is 5.01 Å². The molecule has 0 spiro atoms. The molecule has 1 aromatic heterocycles. The minimum Gasteiger partial charge on any atom is -0.369 e. The highest BCUT2D eigenvalue weighted by Crippen LogP contribution is 2.16. The van der Waals surface area contributed by atoms with Crippen molar-refractivity contribution in [3.8, 4) is 0 Å². The summed E-state index contributed by atoms with van der Waals surface area (Å²) in [6.07, 6.45) is 1.04. The Bertz CT molecular complexity index is 422. The van der Waals surface area contributed by atoms with Gasteiger partial charge in [0.05, 0.1) is 12.6 Å². The molecule has 1 heterocycles. The van der Waals surface area contributed by atoms with E-state index in [0.717, 1.165) is 17.5 Å². The Hall–Kier alpha value is -0.990. The van der Waals surface area contributed by atoms with Crippen LogP contribution < -0.4 is 10.9 Å². The normalized spacial score (nSPS) is 11.5. The van der Waals surface area contributed by atoms with E-state index < -0.39 is 15.9 Å². The molecule has 6 nitrogen and oxygen atoms in total. The van der Waals surface area contributed by atoms with Crippen LogP contribution >= 0.6 is 11.3 Å². The van der Waals surface area contributed by atoms with Crippen molar-refractivity contribution < 1.29 is 13.2 Å². The number of amides is 1. The van der Waals surface area contributed by atoms with Crippen molar-refractivity contribution in [3.05, 3.63) is 11.2 Å².